The van der Waals surface area contributed by atoms with Gasteiger partial charge in [0, 0.05) is 12.0 Å². The van der Waals surface area contributed by atoms with Crippen molar-refractivity contribution >= 4 is 0 Å². The van der Waals surface area contributed by atoms with Gasteiger partial charge in [0.05, 0.1) is 0 Å². The minimum Gasteiger partial charge on any atom is -0.508 e. The van der Waals surface area contributed by atoms with Crippen LogP contribution < -0.4 is 0 Å². The molecule has 0 saturated carbocycles. The summed E-state index contributed by atoms with van der Waals surface area (Å²) < 4.78 is 5.24. The van der Waals surface area contributed by atoms with Crippen LogP contribution in [0, 0.1) is 12.8 Å². The van der Waals surface area contributed by atoms with E-state index in [4.69, 9.17) is 4.52 Å². The number of nitrogens with zero attached hydrogens (tertiary/aromatic N) is 2. The number of phenols is 1. The molecule has 1 aromatic carbocycles. The number of phenolic OH excluding ortho intramolecular Hbond substituents is 1. The van der Waals surface area contributed by atoms with Crippen molar-refractivity contribution in [2.24, 2.45) is 5.92 Å². The maximum Gasteiger partial charge on any atom is 0.257 e. The van der Waals surface area contributed by atoms with Crippen molar-refractivity contribution in [1.29, 1.82) is 0 Å². The van der Waals surface area contributed by atoms with Gasteiger partial charge in [0.2, 0.25) is 0 Å². The number of hydrogen-bond acceptors (Lipinski definition) is 4. The second-order valence-electron chi connectivity index (χ2n) is 4.95. The average Bonchev–Trinajstić information content (AvgIpc) is 2.79. The minimum absolute atomic E-state index is 0.276. The Labute approximate surface area is 107 Å². The Hall–Kier alpha value is -1.84. The molecule has 1 aromatic heterocycles. The highest BCUT2D eigenvalue weighted by molar-refractivity contribution is 5.56. The van der Waals surface area contributed by atoms with Crippen LogP contribution >= 0.6 is 0 Å². The lowest BCUT2D eigenvalue weighted by atomic mass is 10.1. The monoisotopic (exact) mass is 246 g/mol. The average molecular weight is 246 g/mol. The fourth-order valence-corrected chi connectivity index (χ4v) is 1.68. The molecule has 0 spiro atoms. The molecule has 0 saturated heterocycles. The first kappa shape index (κ1) is 12.6. The summed E-state index contributed by atoms with van der Waals surface area (Å²) in [6.07, 6.45) is 1.88. The second kappa shape index (κ2) is 5.21. The van der Waals surface area contributed by atoms with E-state index >= 15 is 0 Å². The molecule has 2 rings (SSSR count). The quantitative estimate of drug-likeness (QED) is 0.898. The molecular formula is C14H18N2O2. The maximum absolute atomic E-state index is 9.47. The van der Waals surface area contributed by atoms with Gasteiger partial charge in [0.1, 0.15) is 5.75 Å². The normalized spacial score (nSPS) is 11.1. The third-order valence-corrected chi connectivity index (χ3v) is 2.86. The molecule has 0 amide bonds. The summed E-state index contributed by atoms with van der Waals surface area (Å²) >= 11 is 0. The van der Waals surface area contributed by atoms with Gasteiger partial charge in [-0.3, -0.25) is 0 Å². The Morgan fingerprint density at radius 1 is 1.33 bits per heavy atom. The first-order valence-corrected chi connectivity index (χ1v) is 6.19. The summed E-state index contributed by atoms with van der Waals surface area (Å²) in [7, 11) is 0. The standard InChI is InChI=1S/C14H18N2O2/c1-9(2)4-7-13-15-14(18-16-13)11-5-6-12(17)10(3)8-11/h5-6,8-9,17H,4,7H2,1-3H3. The van der Waals surface area contributed by atoms with E-state index in [9.17, 15) is 5.11 Å². The Kier molecular flexibility index (Phi) is 3.65. The SMILES string of the molecule is Cc1cc(-c2nc(CCC(C)C)no2)ccc1O. The third kappa shape index (κ3) is 2.88. The number of aromatic nitrogens is 2. The number of aryl methyl sites for hydroxylation is 2. The second-order valence-corrected chi connectivity index (χ2v) is 4.95. The van der Waals surface area contributed by atoms with Gasteiger partial charge in [-0.15, -0.1) is 0 Å². The molecule has 0 aliphatic rings. The van der Waals surface area contributed by atoms with E-state index in [1.165, 1.54) is 0 Å². The molecular weight excluding hydrogens is 228 g/mol. The van der Waals surface area contributed by atoms with Crippen LogP contribution in [0.15, 0.2) is 22.7 Å². The Bertz CT molecular complexity index is 532. The van der Waals surface area contributed by atoms with Crippen molar-refractivity contribution in [2.45, 2.75) is 33.6 Å². The van der Waals surface area contributed by atoms with Crippen LogP contribution in [-0.4, -0.2) is 15.2 Å². The molecule has 0 bridgehead atoms. The van der Waals surface area contributed by atoms with Crippen molar-refractivity contribution in [3.8, 4) is 17.2 Å². The molecule has 1 heterocycles. The minimum atomic E-state index is 0.276. The highest BCUT2D eigenvalue weighted by Crippen LogP contribution is 2.24. The molecule has 4 nitrogen and oxygen atoms in total. The van der Waals surface area contributed by atoms with Gasteiger partial charge < -0.3 is 9.63 Å². The van der Waals surface area contributed by atoms with Gasteiger partial charge in [-0.2, -0.15) is 4.98 Å². The summed E-state index contributed by atoms with van der Waals surface area (Å²) in [4.78, 5) is 4.36. The number of aromatic hydroxyl groups is 1. The molecule has 18 heavy (non-hydrogen) atoms. The summed E-state index contributed by atoms with van der Waals surface area (Å²) in [5.41, 5.74) is 1.64. The first-order chi connectivity index (χ1) is 8.56. The van der Waals surface area contributed by atoms with Crippen molar-refractivity contribution in [3.05, 3.63) is 29.6 Å². The molecule has 0 unspecified atom stereocenters. The molecule has 0 radical (unpaired) electrons. The lowest BCUT2D eigenvalue weighted by Gasteiger charge is -2.00. The Morgan fingerprint density at radius 3 is 2.78 bits per heavy atom. The highest BCUT2D eigenvalue weighted by Gasteiger charge is 2.10. The fourth-order valence-electron chi connectivity index (χ4n) is 1.68. The van der Waals surface area contributed by atoms with E-state index in [0.29, 0.717) is 11.8 Å². The Morgan fingerprint density at radius 2 is 2.11 bits per heavy atom. The van der Waals surface area contributed by atoms with Crippen LogP contribution in [0.1, 0.15) is 31.7 Å². The van der Waals surface area contributed by atoms with Crippen molar-refractivity contribution in [2.75, 3.05) is 0 Å². The topological polar surface area (TPSA) is 59.2 Å². The van der Waals surface area contributed by atoms with E-state index < -0.39 is 0 Å². The van der Waals surface area contributed by atoms with Crippen LogP contribution in [0.4, 0.5) is 0 Å². The van der Waals surface area contributed by atoms with Crippen molar-refractivity contribution in [1.82, 2.24) is 10.1 Å². The zero-order valence-electron chi connectivity index (χ0n) is 11.0. The molecule has 96 valence electrons. The largest absolute Gasteiger partial charge is 0.508 e. The van der Waals surface area contributed by atoms with E-state index in [0.717, 1.165) is 29.8 Å². The van der Waals surface area contributed by atoms with Crippen LogP contribution in [0.3, 0.4) is 0 Å². The fraction of sp³-hybridized carbons (Fsp3) is 0.429. The Balaban J connectivity index is 2.16. The van der Waals surface area contributed by atoms with Gasteiger partial charge in [-0.05, 0) is 43.0 Å². The maximum atomic E-state index is 9.47. The van der Waals surface area contributed by atoms with Gasteiger partial charge in [0.15, 0.2) is 5.82 Å². The molecule has 0 aliphatic carbocycles. The molecule has 0 fully saturated rings. The molecule has 1 N–H and O–H groups in total. The predicted molar refractivity (Wildman–Crippen MR) is 69.3 cm³/mol. The van der Waals surface area contributed by atoms with Gasteiger partial charge in [0.25, 0.3) is 5.89 Å². The molecule has 4 heteroatoms. The van der Waals surface area contributed by atoms with Crippen molar-refractivity contribution < 1.29 is 9.63 Å². The molecule has 0 atom stereocenters. The van der Waals surface area contributed by atoms with Crippen LogP contribution in [0.2, 0.25) is 0 Å². The van der Waals surface area contributed by atoms with Crippen LogP contribution in [0.5, 0.6) is 5.75 Å². The molecule has 0 aliphatic heterocycles. The lowest BCUT2D eigenvalue weighted by molar-refractivity contribution is 0.419. The smallest absolute Gasteiger partial charge is 0.257 e. The summed E-state index contributed by atoms with van der Waals surface area (Å²) in [5, 5.41) is 13.4. The van der Waals surface area contributed by atoms with Gasteiger partial charge in [-0.25, -0.2) is 0 Å². The number of hydrogen-bond donors (Lipinski definition) is 1. The third-order valence-electron chi connectivity index (χ3n) is 2.86. The highest BCUT2D eigenvalue weighted by atomic mass is 16.5. The van der Waals surface area contributed by atoms with Crippen molar-refractivity contribution in [3.63, 3.8) is 0 Å². The zero-order valence-corrected chi connectivity index (χ0v) is 11.0. The van der Waals surface area contributed by atoms with E-state index in [1.54, 1.807) is 12.1 Å². The summed E-state index contributed by atoms with van der Waals surface area (Å²) in [5.74, 6) is 2.16. The van der Waals surface area contributed by atoms with E-state index in [1.807, 2.05) is 13.0 Å². The number of benzene rings is 1. The predicted octanol–water partition coefficient (Wildman–Crippen LogP) is 3.34. The summed E-state index contributed by atoms with van der Waals surface area (Å²) in [6, 6.07) is 5.26. The van der Waals surface area contributed by atoms with E-state index in [-0.39, 0.29) is 5.75 Å². The molecule has 2 aromatic rings. The van der Waals surface area contributed by atoms with Crippen LogP contribution in [-0.2, 0) is 6.42 Å². The van der Waals surface area contributed by atoms with Crippen LogP contribution in [0.25, 0.3) is 11.5 Å². The first-order valence-electron chi connectivity index (χ1n) is 6.19. The summed E-state index contributed by atoms with van der Waals surface area (Å²) in [6.45, 7) is 6.18. The lowest BCUT2D eigenvalue weighted by Crippen LogP contribution is -1.93. The van der Waals surface area contributed by atoms with E-state index in [2.05, 4.69) is 24.0 Å². The number of rotatable bonds is 4. The van der Waals surface area contributed by atoms with Gasteiger partial charge in [-0.1, -0.05) is 19.0 Å². The van der Waals surface area contributed by atoms with Gasteiger partial charge >= 0.3 is 0 Å². The zero-order chi connectivity index (χ0) is 13.1.